The zero-order valence-electron chi connectivity index (χ0n) is 10.1. The number of nitrogens with zero attached hydrogens (tertiary/aromatic N) is 2. The number of thioether (sulfide) groups is 1. The van der Waals surface area contributed by atoms with E-state index in [1.165, 1.54) is 0 Å². The highest BCUT2D eigenvalue weighted by molar-refractivity contribution is 9.10. The van der Waals surface area contributed by atoms with E-state index in [9.17, 15) is 14.3 Å². The Kier molecular flexibility index (Phi) is 4.11. The molecule has 1 heterocycles. The zero-order valence-corrected chi connectivity index (χ0v) is 12.5. The van der Waals surface area contributed by atoms with E-state index in [2.05, 4.69) is 25.9 Å². The number of aromatic hydroxyl groups is 1. The molecule has 0 unspecified atom stereocenters. The molecule has 5 nitrogen and oxygen atoms in total. The summed E-state index contributed by atoms with van der Waals surface area (Å²) in [5.41, 5.74) is -0.974. The molecular weight excluding hydrogens is 349 g/mol. The normalized spacial score (nSPS) is 10.3. The smallest absolute Gasteiger partial charge is 0.270 e. The van der Waals surface area contributed by atoms with Crippen molar-refractivity contribution in [3.05, 3.63) is 38.3 Å². The van der Waals surface area contributed by atoms with E-state index in [1.54, 1.807) is 12.3 Å². The van der Waals surface area contributed by atoms with Crippen LogP contribution in [-0.2, 0) is 0 Å². The van der Waals surface area contributed by atoms with Gasteiger partial charge in [-0.1, -0.05) is 11.8 Å². The van der Waals surface area contributed by atoms with Crippen molar-refractivity contribution in [1.29, 1.82) is 5.26 Å². The van der Waals surface area contributed by atoms with Crippen LogP contribution in [0.5, 0.6) is 5.75 Å². The van der Waals surface area contributed by atoms with E-state index in [1.807, 2.05) is 0 Å². The highest BCUT2D eigenvalue weighted by atomic mass is 79.9. The average Bonchev–Trinajstić information content (AvgIpc) is 2.42. The van der Waals surface area contributed by atoms with Crippen molar-refractivity contribution in [3.63, 3.8) is 0 Å². The molecule has 0 saturated carbocycles. The molecule has 2 aromatic rings. The summed E-state index contributed by atoms with van der Waals surface area (Å²) in [6.07, 6.45) is 1.69. The second kappa shape index (κ2) is 5.64. The maximum absolute atomic E-state index is 13.6. The molecule has 2 rings (SSSR count). The lowest BCUT2D eigenvalue weighted by Crippen LogP contribution is -2.14. The number of hydrogen-bond donors (Lipinski definition) is 2. The molecule has 102 valence electrons. The molecule has 0 aliphatic carbocycles. The first-order chi connectivity index (χ1) is 9.47. The fourth-order valence-electron chi connectivity index (χ4n) is 1.57. The first-order valence-electron chi connectivity index (χ1n) is 5.24. The highest BCUT2D eigenvalue weighted by Gasteiger charge is 2.18. The lowest BCUT2D eigenvalue weighted by Gasteiger charge is -2.08. The first kappa shape index (κ1) is 14.6. The van der Waals surface area contributed by atoms with Crippen LogP contribution in [0.4, 0.5) is 4.39 Å². The standard InChI is InChI=1S/C12H7BrFN3O2S/c1-20-12-16-10(6(4-15)11(19)17-12)5-2-8(14)7(13)3-9(5)18/h2-3,18H,1H3,(H,16,17,19). The van der Waals surface area contributed by atoms with Crippen LogP contribution in [-0.4, -0.2) is 21.3 Å². The van der Waals surface area contributed by atoms with Gasteiger partial charge in [0.15, 0.2) is 5.16 Å². The van der Waals surface area contributed by atoms with Crippen LogP contribution in [0.3, 0.4) is 0 Å². The molecule has 0 bridgehead atoms. The van der Waals surface area contributed by atoms with Gasteiger partial charge in [-0.3, -0.25) is 4.79 Å². The Hall–Kier alpha value is -1.85. The summed E-state index contributed by atoms with van der Waals surface area (Å²) < 4.78 is 13.7. The number of phenolic OH excluding ortho intramolecular Hbond substituents is 1. The fraction of sp³-hybridized carbons (Fsp3) is 0.0833. The van der Waals surface area contributed by atoms with E-state index < -0.39 is 11.4 Å². The van der Waals surface area contributed by atoms with Gasteiger partial charge in [0, 0.05) is 5.56 Å². The van der Waals surface area contributed by atoms with Crippen molar-refractivity contribution in [3.8, 4) is 23.1 Å². The van der Waals surface area contributed by atoms with Crippen molar-refractivity contribution >= 4 is 27.7 Å². The molecular formula is C12H7BrFN3O2S. The third kappa shape index (κ3) is 2.55. The zero-order chi connectivity index (χ0) is 14.9. The van der Waals surface area contributed by atoms with Crippen molar-refractivity contribution in [1.82, 2.24) is 9.97 Å². The maximum Gasteiger partial charge on any atom is 0.270 e. The molecule has 8 heteroatoms. The van der Waals surface area contributed by atoms with Gasteiger partial charge in [-0.05, 0) is 34.3 Å². The third-order valence-electron chi connectivity index (χ3n) is 2.50. The number of aromatic amines is 1. The summed E-state index contributed by atoms with van der Waals surface area (Å²) in [7, 11) is 0. The minimum Gasteiger partial charge on any atom is -0.507 e. The van der Waals surface area contributed by atoms with E-state index in [-0.39, 0.29) is 32.2 Å². The molecule has 1 aromatic carbocycles. The number of benzene rings is 1. The van der Waals surface area contributed by atoms with Crippen molar-refractivity contribution < 1.29 is 9.50 Å². The van der Waals surface area contributed by atoms with Gasteiger partial charge in [0.1, 0.15) is 28.9 Å². The molecule has 0 atom stereocenters. The number of phenols is 1. The van der Waals surface area contributed by atoms with Crippen LogP contribution >= 0.6 is 27.7 Å². The molecule has 0 saturated heterocycles. The number of hydrogen-bond acceptors (Lipinski definition) is 5. The number of H-pyrrole nitrogens is 1. The van der Waals surface area contributed by atoms with E-state index in [4.69, 9.17) is 5.26 Å². The predicted octanol–water partition coefficient (Wildman–Crippen LogP) is 2.64. The molecule has 0 aliphatic rings. The Balaban J connectivity index is 2.82. The van der Waals surface area contributed by atoms with Gasteiger partial charge in [-0.2, -0.15) is 5.26 Å². The second-order valence-corrected chi connectivity index (χ2v) is 5.34. The van der Waals surface area contributed by atoms with Gasteiger partial charge in [-0.25, -0.2) is 9.37 Å². The number of halogens is 2. The number of aromatic nitrogens is 2. The summed E-state index contributed by atoms with van der Waals surface area (Å²) in [6, 6.07) is 3.88. The summed E-state index contributed by atoms with van der Waals surface area (Å²) >= 11 is 4.10. The van der Waals surface area contributed by atoms with E-state index in [0.29, 0.717) is 0 Å². The number of nitrogens with one attached hydrogen (secondary N) is 1. The molecule has 0 aliphatic heterocycles. The van der Waals surface area contributed by atoms with Crippen molar-refractivity contribution in [2.45, 2.75) is 5.16 Å². The molecule has 2 N–H and O–H groups in total. The summed E-state index contributed by atoms with van der Waals surface area (Å²) in [5, 5.41) is 19.2. The van der Waals surface area contributed by atoms with Gasteiger partial charge >= 0.3 is 0 Å². The Morgan fingerprint density at radius 3 is 2.85 bits per heavy atom. The molecule has 1 aromatic heterocycles. The first-order valence-corrected chi connectivity index (χ1v) is 7.26. The Morgan fingerprint density at radius 2 is 2.25 bits per heavy atom. The lowest BCUT2D eigenvalue weighted by atomic mass is 10.1. The maximum atomic E-state index is 13.6. The lowest BCUT2D eigenvalue weighted by molar-refractivity contribution is 0.474. The fourth-order valence-corrected chi connectivity index (χ4v) is 2.28. The second-order valence-electron chi connectivity index (χ2n) is 3.69. The van der Waals surface area contributed by atoms with Gasteiger partial charge in [0.25, 0.3) is 5.56 Å². The quantitative estimate of drug-likeness (QED) is 0.638. The Morgan fingerprint density at radius 1 is 1.55 bits per heavy atom. The summed E-state index contributed by atoms with van der Waals surface area (Å²) in [6.45, 7) is 0. The molecule has 0 spiro atoms. The minimum atomic E-state index is -0.635. The van der Waals surface area contributed by atoms with Gasteiger partial charge in [0.2, 0.25) is 0 Å². The van der Waals surface area contributed by atoms with Crippen LogP contribution in [0.25, 0.3) is 11.3 Å². The highest BCUT2D eigenvalue weighted by Crippen LogP contribution is 2.33. The number of rotatable bonds is 2. The van der Waals surface area contributed by atoms with Crippen LogP contribution in [0.2, 0.25) is 0 Å². The topological polar surface area (TPSA) is 89.8 Å². The molecule has 0 radical (unpaired) electrons. The predicted molar refractivity (Wildman–Crippen MR) is 76.1 cm³/mol. The largest absolute Gasteiger partial charge is 0.507 e. The third-order valence-corrected chi connectivity index (χ3v) is 3.68. The molecule has 0 amide bonds. The number of nitriles is 1. The van der Waals surface area contributed by atoms with Crippen molar-refractivity contribution in [2.24, 2.45) is 0 Å². The average molecular weight is 356 g/mol. The van der Waals surface area contributed by atoms with E-state index in [0.717, 1.165) is 23.9 Å². The monoisotopic (exact) mass is 355 g/mol. The van der Waals surface area contributed by atoms with Crippen LogP contribution in [0, 0.1) is 17.1 Å². The Labute approximate surface area is 125 Å². The Bertz CT molecular complexity index is 785. The van der Waals surface area contributed by atoms with Gasteiger partial charge in [-0.15, -0.1) is 0 Å². The van der Waals surface area contributed by atoms with Crippen LogP contribution in [0.15, 0.2) is 26.6 Å². The SMILES string of the molecule is CSc1nc(-c2cc(F)c(Br)cc2O)c(C#N)c(=O)[nH]1. The minimum absolute atomic E-state index is 0.0105. The van der Waals surface area contributed by atoms with Gasteiger partial charge < -0.3 is 10.1 Å². The van der Waals surface area contributed by atoms with Gasteiger partial charge in [0.05, 0.1) is 4.47 Å². The van der Waals surface area contributed by atoms with E-state index >= 15 is 0 Å². The molecule has 20 heavy (non-hydrogen) atoms. The van der Waals surface area contributed by atoms with Crippen molar-refractivity contribution in [2.75, 3.05) is 6.26 Å². The molecule has 0 fully saturated rings. The van der Waals surface area contributed by atoms with Crippen LogP contribution < -0.4 is 5.56 Å². The summed E-state index contributed by atoms with van der Waals surface area (Å²) in [4.78, 5) is 18.3. The summed E-state index contributed by atoms with van der Waals surface area (Å²) in [5.74, 6) is -0.908. The van der Waals surface area contributed by atoms with Crippen LogP contribution in [0.1, 0.15) is 5.56 Å².